The van der Waals surface area contributed by atoms with Crippen LogP contribution in [0.2, 0.25) is 0 Å². The van der Waals surface area contributed by atoms with E-state index in [2.05, 4.69) is 4.18 Å². The molecule has 2 aromatic rings. The van der Waals surface area contributed by atoms with E-state index in [4.69, 9.17) is 4.74 Å². The maximum atomic E-state index is 13.7. The Morgan fingerprint density at radius 3 is 2.38 bits per heavy atom. The highest BCUT2D eigenvalue weighted by atomic mass is 32.2. The van der Waals surface area contributed by atoms with Gasteiger partial charge >= 0.3 is 0 Å². The molecule has 0 bridgehead atoms. The monoisotopic (exact) mass is 392 g/mol. The molecule has 0 aliphatic heterocycles. The fourth-order valence-electron chi connectivity index (χ4n) is 2.80. The highest BCUT2D eigenvalue weighted by Gasteiger charge is 2.33. The summed E-state index contributed by atoms with van der Waals surface area (Å²) < 4.78 is 48.7. The molecule has 1 aliphatic carbocycles. The van der Waals surface area contributed by atoms with Crippen molar-refractivity contribution in [1.29, 1.82) is 0 Å². The molecular weight excluding hydrogens is 375 g/mol. The average Bonchev–Trinajstić information content (AvgIpc) is 2.91. The molecule has 1 aliphatic rings. The molecule has 0 spiro atoms. The second-order valence-electron chi connectivity index (χ2n) is 5.59. The van der Waals surface area contributed by atoms with Crippen molar-refractivity contribution in [2.24, 2.45) is 0 Å². The summed E-state index contributed by atoms with van der Waals surface area (Å²) in [5.74, 6) is 0.102. The highest BCUT2D eigenvalue weighted by molar-refractivity contribution is 7.98. The fourth-order valence-corrected chi connectivity index (χ4v) is 4.30. The van der Waals surface area contributed by atoms with Crippen molar-refractivity contribution in [1.82, 2.24) is 0 Å². The standard InChI is InChI=1S/C19H17FO4S2/c1-12-18(11-24-14-5-7-15(25-3)8-6-14)16-9-4-13(20)10-17(16)19(12)26(21,22)23-2/h4-11H,1-3H3/b18-11+. The normalized spacial score (nSPS) is 15.5. The van der Waals surface area contributed by atoms with Crippen molar-refractivity contribution in [3.05, 3.63) is 71.2 Å². The van der Waals surface area contributed by atoms with E-state index in [1.165, 1.54) is 18.4 Å². The number of ether oxygens (including phenoxy) is 1. The van der Waals surface area contributed by atoms with E-state index in [9.17, 15) is 12.8 Å². The topological polar surface area (TPSA) is 52.6 Å². The molecule has 136 valence electrons. The van der Waals surface area contributed by atoms with Gasteiger partial charge in [0.25, 0.3) is 10.1 Å². The Morgan fingerprint density at radius 2 is 1.77 bits per heavy atom. The lowest BCUT2D eigenvalue weighted by Crippen LogP contribution is -2.05. The van der Waals surface area contributed by atoms with Crippen molar-refractivity contribution in [2.75, 3.05) is 13.4 Å². The van der Waals surface area contributed by atoms with Gasteiger partial charge in [0.1, 0.15) is 16.5 Å². The minimum atomic E-state index is -3.99. The smallest absolute Gasteiger partial charge is 0.297 e. The first-order valence-electron chi connectivity index (χ1n) is 7.70. The molecule has 0 heterocycles. The van der Waals surface area contributed by atoms with Crippen LogP contribution in [0.25, 0.3) is 10.5 Å². The van der Waals surface area contributed by atoms with Gasteiger partial charge in [0.05, 0.1) is 13.4 Å². The molecule has 0 fully saturated rings. The number of fused-ring (bicyclic) bond motifs is 1. The molecule has 4 nitrogen and oxygen atoms in total. The van der Waals surface area contributed by atoms with E-state index in [0.29, 0.717) is 22.5 Å². The van der Waals surface area contributed by atoms with Crippen LogP contribution in [0.4, 0.5) is 4.39 Å². The van der Waals surface area contributed by atoms with Crippen LogP contribution in [-0.4, -0.2) is 21.8 Å². The minimum Gasteiger partial charge on any atom is -0.464 e. The number of hydrogen-bond donors (Lipinski definition) is 0. The Morgan fingerprint density at radius 1 is 1.08 bits per heavy atom. The number of hydrogen-bond acceptors (Lipinski definition) is 5. The van der Waals surface area contributed by atoms with E-state index in [1.807, 2.05) is 30.5 Å². The zero-order valence-corrected chi connectivity index (χ0v) is 16.1. The van der Waals surface area contributed by atoms with Crippen molar-refractivity contribution < 1.29 is 21.7 Å². The molecule has 0 saturated carbocycles. The SMILES string of the molecule is COS(=O)(=O)C1=C(C)/C(=C\Oc2ccc(SC)cc2)c2ccc(F)cc21. The summed E-state index contributed by atoms with van der Waals surface area (Å²) in [6, 6.07) is 11.5. The molecule has 26 heavy (non-hydrogen) atoms. The van der Waals surface area contributed by atoms with E-state index in [-0.39, 0.29) is 10.5 Å². The number of rotatable bonds is 5. The van der Waals surface area contributed by atoms with Crippen molar-refractivity contribution in [2.45, 2.75) is 11.8 Å². The molecule has 3 rings (SSSR count). The van der Waals surface area contributed by atoms with E-state index in [0.717, 1.165) is 12.0 Å². The Bertz CT molecular complexity index is 1010. The number of benzene rings is 2. The molecular formula is C19H17FO4S2. The van der Waals surface area contributed by atoms with E-state index >= 15 is 0 Å². The number of halogens is 1. The van der Waals surface area contributed by atoms with Crippen molar-refractivity contribution in [3.63, 3.8) is 0 Å². The highest BCUT2D eigenvalue weighted by Crippen LogP contribution is 2.44. The van der Waals surface area contributed by atoms with Crippen LogP contribution >= 0.6 is 11.8 Å². The number of allylic oxidation sites excluding steroid dienone is 2. The van der Waals surface area contributed by atoms with Gasteiger partial charge in [0, 0.05) is 16.0 Å². The molecule has 0 unspecified atom stereocenters. The van der Waals surface area contributed by atoms with Gasteiger partial charge in [0.15, 0.2) is 0 Å². The predicted molar refractivity (Wildman–Crippen MR) is 102 cm³/mol. The first-order chi connectivity index (χ1) is 12.4. The zero-order chi connectivity index (χ0) is 18.9. The Labute approximate surface area is 156 Å². The molecule has 0 radical (unpaired) electrons. The van der Waals surface area contributed by atoms with Gasteiger partial charge in [-0.1, -0.05) is 6.07 Å². The van der Waals surface area contributed by atoms with Gasteiger partial charge in [-0.15, -0.1) is 11.8 Å². The van der Waals surface area contributed by atoms with Crippen LogP contribution in [0.3, 0.4) is 0 Å². The fraction of sp³-hybridized carbons (Fsp3) is 0.158. The van der Waals surface area contributed by atoms with Gasteiger partial charge in [0.2, 0.25) is 0 Å². The first-order valence-corrected chi connectivity index (χ1v) is 10.3. The summed E-state index contributed by atoms with van der Waals surface area (Å²) in [6.45, 7) is 1.65. The van der Waals surface area contributed by atoms with E-state index < -0.39 is 15.9 Å². The third kappa shape index (κ3) is 3.42. The van der Waals surface area contributed by atoms with Gasteiger partial charge in [-0.2, -0.15) is 8.42 Å². The summed E-state index contributed by atoms with van der Waals surface area (Å²) in [5, 5.41) is 0. The summed E-state index contributed by atoms with van der Waals surface area (Å²) >= 11 is 1.62. The van der Waals surface area contributed by atoms with Gasteiger partial charge in [-0.25, -0.2) is 4.39 Å². The third-order valence-corrected chi connectivity index (χ3v) is 6.31. The van der Waals surface area contributed by atoms with E-state index in [1.54, 1.807) is 24.8 Å². The number of thioether (sulfide) groups is 1. The van der Waals surface area contributed by atoms with Gasteiger partial charge in [-0.05, 0) is 60.7 Å². The second-order valence-corrected chi connectivity index (χ2v) is 8.12. The quantitative estimate of drug-likeness (QED) is 0.420. The maximum absolute atomic E-state index is 13.7. The largest absolute Gasteiger partial charge is 0.464 e. The molecule has 0 atom stereocenters. The minimum absolute atomic E-state index is 0.0397. The van der Waals surface area contributed by atoms with Crippen molar-refractivity contribution in [3.8, 4) is 5.75 Å². The van der Waals surface area contributed by atoms with Crippen LogP contribution in [0.15, 0.2) is 59.2 Å². The Balaban J connectivity index is 2.06. The lowest BCUT2D eigenvalue weighted by Gasteiger charge is -2.06. The zero-order valence-electron chi connectivity index (χ0n) is 14.4. The summed E-state index contributed by atoms with van der Waals surface area (Å²) in [4.78, 5) is 1.07. The summed E-state index contributed by atoms with van der Waals surface area (Å²) in [5.41, 5.74) is 1.88. The van der Waals surface area contributed by atoms with Crippen LogP contribution in [0.1, 0.15) is 18.1 Å². The first kappa shape index (κ1) is 18.7. The third-order valence-electron chi connectivity index (χ3n) is 4.10. The lowest BCUT2D eigenvalue weighted by atomic mass is 10.1. The van der Waals surface area contributed by atoms with Crippen LogP contribution in [0, 0.1) is 5.82 Å². The molecule has 7 heteroatoms. The van der Waals surface area contributed by atoms with Gasteiger partial charge in [-0.3, -0.25) is 4.18 Å². The molecule has 2 aromatic carbocycles. The van der Waals surface area contributed by atoms with Crippen LogP contribution in [-0.2, 0) is 14.3 Å². The predicted octanol–water partition coefficient (Wildman–Crippen LogP) is 4.69. The Kier molecular flexibility index (Phi) is 5.22. The summed E-state index contributed by atoms with van der Waals surface area (Å²) in [6.07, 6.45) is 3.47. The second kappa shape index (κ2) is 7.26. The van der Waals surface area contributed by atoms with Crippen LogP contribution in [0.5, 0.6) is 5.75 Å². The van der Waals surface area contributed by atoms with Gasteiger partial charge < -0.3 is 4.74 Å². The summed E-state index contributed by atoms with van der Waals surface area (Å²) in [7, 11) is -2.90. The van der Waals surface area contributed by atoms with Crippen LogP contribution < -0.4 is 4.74 Å². The molecule has 0 amide bonds. The molecule has 0 aromatic heterocycles. The molecule has 0 N–H and O–H groups in total. The Hall–Kier alpha value is -2.09. The molecule has 0 saturated heterocycles. The lowest BCUT2D eigenvalue weighted by molar-refractivity contribution is 0.408. The maximum Gasteiger partial charge on any atom is 0.297 e. The average molecular weight is 392 g/mol. The van der Waals surface area contributed by atoms with Crippen molar-refractivity contribution >= 4 is 32.4 Å².